The lowest BCUT2D eigenvalue weighted by molar-refractivity contribution is 1.07. The molecule has 3 aromatic rings. The number of benzene rings is 1. The molecule has 0 saturated heterocycles. The van der Waals surface area contributed by atoms with Crippen molar-refractivity contribution in [3.8, 4) is 0 Å². The third kappa shape index (κ3) is 4.17. The maximum Gasteiger partial charge on any atom is 0.135 e. The van der Waals surface area contributed by atoms with Gasteiger partial charge in [-0.25, -0.2) is 9.97 Å². The van der Waals surface area contributed by atoms with Crippen molar-refractivity contribution in [1.82, 2.24) is 15.0 Å². The molecule has 3 rings (SSSR count). The first-order chi connectivity index (χ1) is 11.2. The van der Waals surface area contributed by atoms with E-state index in [1.807, 2.05) is 49.5 Å². The lowest BCUT2D eigenvalue weighted by Crippen LogP contribution is -2.03. The zero-order chi connectivity index (χ0) is 16.1. The highest BCUT2D eigenvalue weighted by Gasteiger charge is 2.03. The van der Waals surface area contributed by atoms with Crippen LogP contribution < -0.4 is 10.6 Å². The minimum Gasteiger partial charge on any atom is -0.366 e. The van der Waals surface area contributed by atoms with Crippen LogP contribution in [0.2, 0.25) is 5.02 Å². The van der Waals surface area contributed by atoms with Gasteiger partial charge in [0.2, 0.25) is 0 Å². The van der Waals surface area contributed by atoms with E-state index in [-0.39, 0.29) is 0 Å². The number of pyridine rings is 1. The molecule has 0 saturated carbocycles. The molecular weight excluding hydrogens is 310 g/mol. The molecule has 0 aliphatic rings. The zero-order valence-electron chi connectivity index (χ0n) is 12.6. The first kappa shape index (κ1) is 15.2. The number of rotatable bonds is 5. The lowest BCUT2D eigenvalue weighted by atomic mass is 10.2. The van der Waals surface area contributed by atoms with Crippen LogP contribution in [-0.2, 0) is 6.54 Å². The third-order valence-corrected chi connectivity index (χ3v) is 3.56. The van der Waals surface area contributed by atoms with Crippen molar-refractivity contribution in [3.63, 3.8) is 0 Å². The topological polar surface area (TPSA) is 62.7 Å². The van der Waals surface area contributed by atoms with Crippen LogP contribution in [0.4, 0.5) is 17.3 Å². The standard InChI is InChI=1S/C17H16ClN5/c1-12-4-5-14(18)7-15(12)23-17-8-16(21-11-22-17)20-10-13-3-2-6-19-9-13/h2-9,11H,10H2,1H3,(H2,20,21,22,23). The molecule has 116 valence electrons. The van der Waals surface area contributed by atoms with E-state index in [1.165, 1.54) is 6.33 Å². The highest BCUT2D eigenvalue weighted by Crippen LogP contribution is 2.23. The zero-order valence-corrected chi connectivity index (χ0v) is 13.4. The van der Waals surface area contributed by atoms with E-state index in [2.05, 4.69) is 25.6 Å². The Bertz CT molecular complexity index is 792. The van der Waals surface area contributed by atoms with Crippen LogP contribution in [0, 0.1) is 6.92 Å². The van der Waals surface area contributed by atoms with E-state index in [1.54, 1.807) is 6.20 Å². The molecule has 0 fully saturated rings. The van der Waals surface area contributed by atoms with Crippen LogP contribution >= 0.6 is 11.6 Å². The molecule has 2 heterocycles. The van der Waals surface area contributed by atoms with Gasteiger partial charge in [-0.1, -0.05) is 23.7 Å². The fraction of sp³-hybridized carbons (Fsp3) is 0.118. The van der Waals surface area contributed by atoms with E-state index in [0.29, 0.717) is 17.4 Å². The number of hydrogen-bond donors (Lipinski definition) is 2. The van der Waals surface area contributed by atoms with Crippen molar-refractivity contribution in [2.45, 2.75) is 13.5 Å². The van der Waals surface area contributed by atoms with E-state index >= 15 is 0 Å². The van der Waals surface area contributed by atoms with Gasteiger partial charge in [0.1, 0.15) is 18.0 Å². The second-order valence-electron chi connectivity index (χ2n) is 5.09. The molecule has 23 heavy (non-hydrogen) atoms. The van der Waals surface area contributed by atoms with Gasteiger partial charge in [0, 0.05) is 35.7 Å². The van der Waals surface area contributed by atoms with E-state index in [9.17, 15) is 0 Å². The van der Waals surface area contributed by atoms with Gasteiger partial charge in [-0.05, 0) is 36.2 Å². The molecule has 2 N–H and O–H groups in total. The van der Waals surface area contributed by atoms with Gasteiger partial charge in [-0.2, -0.15) is 0 Å². The monoisotopic (exact) mass is 325 g/mol. The normalized spacial score (nSPS) is 10.3. The summed E-state index contributed by atoms with van der Waals surface area (Å²) in [6.45, 7) is 2.67. The Labute approximate surface area is 139 Å². The highest BCUT2D eigenvalue weighted by atomic mass is 35.5. The molecule has 1 aromatic carbocycles. The molecule has 0 radical (unpaired) electrons. The number of anilines is 3. The predicted octanol–water partition coefficient (Wildman–Crippen LogP) is 4.19. The second kappa shape index (κ2) is 7.07. The van der Waals surface area contributed by atoms with Crippen LogP contribution in [0.15, 0.2) is 55.1 Å². The molecule has 0 spiro atoms. The molecule has 2 aromatic heterocycles. The molecule has 6 heteroatoms. The number of nitrogens with one attached hydrogen (secondary N) is 2. The summed E-state index contributed by atoms with van der Waals surface area (Å²) in [5.74, 6) is 1.45. The van der Waals surface area contributed by atoms with Gasteiger partial charge < -0.3 is 10.6 Å². The van der Waals surface area contributed by atoms with Crippen LogP contribution in [0.5, 0.6) is 0 Å². The molecule has 0 amide bonds. The Morgan fingerprint density at radius 1 is 1.09 bits per heavy atom. The van der Waals surface area contributed by atoms with Crippen molar-refractivity contribution in [2.24, 2.45) is 0 Å². The van der Waals surface area contributed by atoms with E-state index in [4.69, 9.17) is 11.6 Å². The number of aryl methyl sites for hydroxylation is 1. The summed E-state index contributed by atoms with van der Waals surface area (Å²) in [5.41, 5.74) is 3.11. The van der Waals surface area contributed by atoms with Gasteiger partial charge in [0.25, 0.3) is 0 Å². The molecule has 0 bridgehead atoms. The average Bonchev–Trinajstić information content (AvgIpc) is 2.58. The Kier molecular flexibility index (Phi) is 4.68. The van der Waals surface area contributed by atoms with Gasteiger partial charge in [-0.15, -0.1) is 0 Å². The van der Waals surface area contributed by atoms with Gasteiger partial charge in [0.05, 0.1) is 0 Å². The van der Waals surface area contributed by atoms with E-state index < -0.39 is 0 Å². The predicted molar refractivity (Wildman–Crippen MR) is 93.1 cm³/mol. The van der Waals surface area contributed by atoms with Gasteiger partial charge >= 0.3 is 0 Å². The SMILES string of the molecule is Cc1ccc(Cl)cc1Nc1cc(NCc2cccnc2)ncn1. The number of halogens is 1. The summed E-state index contributed by atoms with van der Waals surface area (Å²) in [6.07, 6.45) is 5.10. The van der Waals surface area contributed by atoms with Crippen LogP contribution in [0.1, 0.15) is 11.1 Å². The van der Waals surface area contributed by atoms with Crippen molar-refractivity contribution >= 4 is 28.9 Å². The quantitative estimate of drug-likeness (QED) is 0.736. The minimum absolute atomic E-state index is 0.653. The maximum atomic E-state index is 6.04. The Morgan fingerprint density at radius 3 is 2.78 bits per heavy atom. The molecule has 0 aliphatic carbocycles. The summed E-state index contributed by atoms with van der Waals surface area (Å²) >= 11 is 6.04. The molecule has 0 aliphatic heterocycles. The van der Waals surface area contributed by atoms with Crippen molar-refractivity contribution < 1.29 is 0 Å². The van der Waals surface area contributed by atoms with Crippen LogP contribution in [0.3, 0.4) is 0 Å². The Balaban J connectivity index is 1.71. The van der Waals surface area contributed by atoms with Crippen molar-refractivity contribution in [2.75, 3.05) is 10.6 Å². The molecule has 0 atom stereocenters. The Hall–Kier alpha value is -2.66. The summed E-state index contributed by atoms with van der Waals surface area (Å²) in [5, 5.41) is 7.20. The fourth-order valence-electron chi connectivity index (χ4n) is 2.08. The minimum atomic E-state index is 0.653. The van der Waals surface area contributed by atoms with Gasteiger partial charge in [-0.3, -0.25) is 4.98 Å². The second-order valence-corrected chi connectivity index (χ2v) is 5.52. The summed E-state index contributed by atoms with van der Waals surface area (Å²) in [6, 6.07) is 11.5. The third-order valence-electron chi connectivity index (χ3n) is 3.33. The largest absolute Gasteiger partial charge is 0.366 e. The van der Waals surface area contributed by atoms with Crippen LogP contribution in [0.25, 0.3) is 0 Å². The summed E-state index contributed by atoms with van der Waals surface area (Å²) in [4.78, 5) is 12.6. The van der Waals surface area contributed by atoms with Crippen LogP contribution in [-0.4, -0.2) is 15.0 Å². The summed E-state index contributed by atoms with van der Waals surface area (Å²) < 4.78 is 0. The summed E-state index contributed by atoms with van der Waals surface area (Å²) in [7, 11) is 0. The van der Waals surface area contributed by atoms with Gasteiger partial charge in [0.15, 0.2) is 0 Å². The first-order valence-corrected chi connectivity index (χ1v) is 7.56. The lowest BCUT2D eigenvalue weighted by Gasteiger charge is -2.11. The molecule has 5 nitrogen and oxygen atoms in total. The number of aromatic nitrogens is 3. The maximum absolute atomic E-state index is 6.04. The molecular formula is C17H16ClN5. The van der Waals surface area contributed by atoms with E-state index in [0.717, 1.165) is 22.6 Å². The van der Waals surface area contributed by atoms with Crippen molar-refractivity contribution in [3.05, 3.63) is 71.3 Å². The number of nitrogens with zero attached hydrogens (tertiary/aromatic N) is 3. The Morgan fingerprint density at radius 2 is 1.96 bits per heavy atom. The fourth-order valence-corrected chi connectivity index (χ4v) is 2.26. The van der Waals surface area contributed by atoms with Crippen molar-refractivity contribution in [1.29, 1.82) is 0 Å². The highest BCUT2D eigenvalue weighted by molar-refractivity contribution is 6.30. The molecule has 0 unspecified atom stereocenters. The smallest absolute Gasteiger partial charge is 0.135 e. The number of hydrogen-bond acceptors (Lipinski definition) is 5. The first-order valence-electron chi connectivity index (χ1n) is 7.19. The average molecular weight is 326 g/mol.